The zero-order valence-corrected chi connectivity index (χ0v) is 14.2. The summed E-state index contributed by atoms with van der Waals surface area (Å²) < 4.78 is 0. The van der Waals surface area contributed by atoms with Gasteiger partial charge in [0.05, 0.1) is 20.7 Å². The van der Waals surface area contributed by atoms with Crippen LogP contribution in [0.25, 0.3) is 6.08 Å². The predicted octanol–water partition coefficient (Wildman–Crippen LogP) is 4.71. The van der Waals surface area contributed by atoms with Gasteiger partial charge in [0.25, 0.3) is 11.6 Å². The first kappa shape index (κ1) is 18.1. The molecule has 2 N–H and O–H groups in total. The Morgan fingerprint density at radius 2 is 1.79 bits per heavy atom. The van der Waals surface area contributed by atoms with Gasteiger partial charge in [-0.3, -0.25) is 25.8 Å². The number of nitro benzene ring substituents is 1. The van der Waals surface area contributed by atoms with Crippen LogP contribution in [0, 0.1) is 10.1 Å². The van der Waals surface area contributed by atoms with Crippen molar-refractivity contribution in [2.45, 2.75) is 0 Å². The summed E-state index contributed by atoms with van der Waals surface area (Å²) in [7, 11) is 0. The lowest BCUT2D eigenvalue weighted by atomic mass is 10.2. The molecule has 0 fully saturated rings. The number of anilines is 1. The molecule has 0 aromatic heterocycles. The number of carbonyl (C=O) groups is 1. The molecule has 0 aliphatic rings. The van der Waals surface area contributed by atoms with Crippen LogP contribution in [0.5, 0.6) is 0 Å². The summed E-state index contributed by atoms with van der Waals surface area (Å²) in [5, 5.41) is 11.6. The zero-order chi connectivity index (χ0) is 17.7. The van der Waals surface area contributed by atoms with Gasteiger partial charge in [0.2, 0.25) is 0 Å². The molecule has 0 saturated heterocycles. The van der Waals surface area contributed by atoms with Gasteiger partial charge in [0.15, 0.2) is 0 Å². The van der Waals surface area contributed by atoms with Crippen molar-refractivity contribution in [1.29, 1.82) is 0 Å². The number of benzene rings is 2. The molecule has 0 aliphatic carbocycles. The van der Waals surface area contributed by atoms with E-state index in [0.717, 1.165) is 0 Å². The third-order valence-electron chi connectivity index (χ3n) is 2.83. The van der Waals surface area contributed by atoms with E-state index in [0.29, 0.717) is 16.3 Å². The van der Waals surface area contributed by atoms with E-state index in [4.69, 9.17) is 34.8 Å². The first-order valence-corrected chi connectivity index (χ1v) is 7.63. The third-order valence-corrected chi connectivity index (χ3v) is 3.64. The second kappa shape index (κ2) is 8.01. The Morgan fingerprint density at radius 1 is 1.12 bits per heavy atom. The van der Waals surface area contributed by atoms with E-state index in [9.17, 15) is 14.9 Å². The molecular formula is C15H10Cl3N3O3. The highest BCUT2D eigenvalue weighted by molar-refractivity contribution is 6.41. The lowest BCUT2D eigenvalue weighted by molar-refractivity contribution is -0.384. The molecule has 0 spiro atoms. The van der Waals surface area contributed by atoms with Crippen LogP contribution in [0.4, 0.5) is 11.4 Å². The Kier molecular flexibility index (Phi) is 6.03. The van der Waals surface area contributed by atoms with Crippen LogP contribution in [0.15, 0.2) is 42.5 Å². The number of hydrogen-bond acceptors (Lipinski definition) is 4. The first-order chi connectivity index (χ1) is 11.4. The molecule has 9 heteroatoms. The Hall–Kier alpha value is -2.28. The molecule has 0 saturated carbocycles. The van der Waals surface area contributed by atoms with Crippen LogP contribution in [0.2, 0.25) is 15.1 Å². The highest BCUT2D eigenvalue weighted by Crippen LogP contribution is 2.33. The number of hydrogen-bond donors (Lipinski definition) is 2. The summed E-state index contributed by atoms with van der Waals surface area (Å²) in [6.45, 7) is 0. The Bertz CT molecular complexity index is 802. The normalized spacial score (nSPS) is 10.6. The summed E-state index contributed by atoms with van der Waals surface area (Å²) in [5.74, 6) is -0.497. The molecule has 0 bridgehead atoms. The van der Waals surface area contributed by atoms with Crippen LogP contribution in [-0.4, -0.2) is 10.8 Å². The van der Waals surface area contributed by atoms with Gasteiger partial charge in [-0.15, -0.1) is 0 Å². The predicted molar refractivity (Wildman–Crippen MR) is 95.4 cm³/mol. The maximum Gasteiger partial charge on any atom is 0.270 e. The third kappa shape index (κ3) is 4.86. The van der Waals surface area contributed by atoms with Gasteiger partial charge in [0.1, 0.15) is 0 Å². The summed E-state index contributed by atoms with van der Waals surface area (Å²) in [4.78, 5) is 22.0. The minimum atomic E-state index is -0.510. The molecule has 2 aromatic rings. The van der Waals surface area contributed by atoms with E-state index in [1.54, 1.807) is 6.07 Å². The van der Waals surface area contributed by atoms with E-state index in [2.05, 4.69) is 10.9 Å². The van der Waals surface area contributed by atoms with Crippen molar-refractivity contribution in [3.05, 3.63) is 73.2 Å². The Morgan fingerprint density at radius 3 is 2.42 bits per heavy atom. The van der Waals surface area contributed by atoms with Gasteiger partial charge < -0.3 is 0 Å². The van der Waals surface area contributed by atoms with Crippen LogP contribution >= 0.6 is 34.8 Å². The van der Waals surface area contributed by atoms with Crippen molar-refractivity contribution in [1.82, 2.24) is 5.43 Å². The van der Waals surface area contributed by atoms with Gasteiger partial charge in [-0.1, -0.05) is 46.9 Å². The molecule has 0 radical (unpaired) electrons. The topological polar surface area (TPSA) is 84.3 Å². The van der Waals surface area contributed by atoms with Crippen molar-refractivity contribution in [2.75, 3.05) is 5.43 Å². The average molecular weight is 387 g/mol. The molecule has 24 heavy (non-hydrogen) atoms. The van der Waals surface area contributed by atoms with Crippen LogP contribution in [0.3, 0.4) is 0 Å². The van der Waals surface area contributed by atoms with Gasteiger partial charge in [-0.2, -0.15) is 0 Å². The summed E-state index contributed by atoms with van der Waals surface area (Å²) in [6, 6.07) is 8.83. The fraction of sp³-hybridized carbons (Fsp3) is 0. The largest absolute Gasteiger partial charge is 0.295 e. The average Bonchev–Trinajstić information content (AvgIpc) is 2.52. The van der Waals surface area contributed by atoms with E-state index < -0.39 is 10.8 Å². The second-order valence-corrected chi connectivity index (χ2v) is 5.79. The molecule has 0 atom stereocenters. The number of hydrazine groups is 1. The molecule has 0 unspecified atom stereocenters. The van der Waals surface area contributed by atoms with Crippen LogP contribution in [-0.2, 0) is 4.79 Å². The number of rotatable bonds is 5. The maximum absolute atomic E-state index is 11.8. The highest BCUT2D eigenvalue weighted by atomic mass is 35.5. The summed E-state index contributed by atoms with van der Waals surface area (Å²) in [5.41, 5.74) is 5.74. The van der Waals surface area contributed by atoms with Crippen molar-refractivity contribution in [3.8, 4) is 0 Å². The molecule has 1 amide bonds. The number of nitrogens with one attached hydrogen (secondary N) is 2. The minimum Gasteiger partial charge on any atom is -0.295 e. The van der Waals surface area contributed by atoms with E-state index >= 15 is 0 Å². The number of non-ortho nitro benzene ring substituents is 1. The standard InChI is InChI=1S/C15H10Cl3N3O3/c16-10-7-12(17)15(13(18)8-10)20-19-14(22)5-4-9-2-1-3-11(6-9)21(23)24/h1-8,20H,(H,19,22)/b5-4+. The molecule has 2 rings (SSSR count). The molecule has 124 valence electrons. The van der Waals surface area contributed by atoms with E-state index in [1.807, 2.05) is 0 Å². The molecule has 6 nitrogen and oxygen atoms in total. The van der Waals surface area contributed by atoms with Gasteiger partial charge in [0, 0.05) is 23.2 Å². The Balaban J connectivity index is 2.01. The number of amides is 1. The smallest absolute Gasteiger partial charge is 0.270 e. The summed E-state index contributed by atoms with van der Waals surface area (Å²) in [6.07, 6.45) is 2.65. The molecule has 0 heterocycles. The second-order valence-electron chi connectivity index (χ2n) is 4.54. The number of nitro groups is 1. The zero-order valence-electron chi connectivity index (χ0n) is 11.9. The number of carbonyl (C=O) groups excluding carboxylic acids is 1. The van der Waals surface area contributed by atoms with Gasteiger partial charge in [-0.05, 0) is 23.8 Å². The van der Waals surface area contributed by atoms with E-state index in [-0.39, 0.29) is 15.7 Å². The lowest BCUT2D eigenvalue weighted by Crippen LogP contribution is -2.27. The lowest BCUT2D eigenvalue weighted by Gasteiger charge is -2.10. The number of halogens is 3. The van der Waals surface area contributed by atoms with Crippen molar-refractivity contribution in [3.63, 3.8) is 0 Å². The minimum absolute atomic E-state index is 0.0598. The SMILES string of the molecule is O=C(/C=C/c1cccc([N+](=O)[O-])c1)NNc1c(Cl)cc(Cl)cc1Cl. The van der Waals surface area contributed by atoms with Crippen LogP contribution < -0.4 is 10.9 Å². The quantitative estimate of drug-likeness (QED) is 0.443. The molecular weight excluding hydrogens is 377 g/mol. The monoisotopic (exact) mass is 385 g/mol. The fourth-order valence-electron chi connectivity index (χ4n) is 1.74. The Labute approximate surface area is 152 Å². The van der Waals surface area contributed by atoms with Crippen molar-refractivity contribution >= 4 is 58.2 Å². The first-order valence-electron chi connectivity index (χ1n) is 6.50. The molecule has 0 aliphatic heterocycles. The molecule has 2 aromatic carbocycles. The highest BCUT2D eigenvalue weighted by Gasteiger charge is 2.08. The van der Waals surface area contributed by atoms with Crippen molar-refractivity contribution in [2.24, 2.45) is 0 Å². The van der Waals surface area contributed by atoms with Crippen LogP contribution in [0.1, 0.15) is 5.56 Å². The van der Waals surface area contributed by atoms with Gasteiger partial charge in [-0.25, -0.2) is 0 Å². The van der Waals surface area contributed by atoms with Crippen molar-refractivity contribution < 1.29 is 9.72 Å². The van der Waals surface area contributed by atoms with E-state index in [1.165, 1.54) is 42.5 Å². The fourth-order valence-corrected chi connectivity index (χ4v) is 2.65. The van der Waals surface area contributed by atoms with Gasteiger partial charge >= 0.3 is 0 Å². The summed E-state index contributed by atoms with van der Waals surface area (Å²) >= 11 is 17.7. The number of nitrogens with zero attached hydrogens (tertiary/aromatic N) is 1. The maximum atomic E-state index is 11.8.